The molecule has 0 fully saturated rings. The lowest BCUT2D eigenvalue weighted by Crippen LogP contribution is -2.43. The highest BCUT2D eigenvalue weighted by molar-refractivity contribution is 5.84. The lowest BCUT2D eigenvalue weighted by Gasteiger charge is -2.17. The van der Waals surface area contributed by atoms with Crippen LogP contribution in [0.2, 0.25) is 0 Å². The van der Waals surface area contributed by atoms with E-state index in [0.29, 0.717) is 31.6 Å². The van der Waals surface area contributed by atoms with Crippen LogP contribution in [0, 0.1) is 0 Å². The van der Waals surface area contributed by atoms with E-state index < -0.39 is 12.0 Å². The maximum atomic E-state index is 12.4. The van der Waals surface area contributed by atoms with Crippen molar-refractivity contribution in [3.63, 3.8) is 0 Å². The summed E-state index contributed by atoms with van der Waals surface area (Å²) < 4.78 is 10.8. The van der Waals surface area contributed by atoms with Gasteiger partial charge in [-0.1, -0.05) is 72.8 Å². The van der Waals surface area contributed by atoms with Crippen LogP contribution in [0.15, 0.2) is 84.9 Å². The molecule has 3 aromatic rings. The van der Waals surface area contributed by atoms with E-state index >= 15 is 0 Å². The Morgan fingerprint density at radius 1 is 0.839 bits per heavy atom. The number of rotatable bonds is 10. The summed E-state index contributed by atoms with van der Waals surface area (Å²) in [5.74, 6) is 0.0553. The zero-order valence-corrected chi connectivity index (χ0v) is 17.6. The SMILES string of the molecule is COC(=O)[C@H](Cc1cccc(OCc2ccccc2)c1)NC(=O)CCc1ccccc1. The molecule has 3 aromatic carbocycles. The third-order valence-corrected chi connectivity index (χ3v) is 4.89. The second-order valence-electron chi connectivity index (χ2n) is 7.25. The van der Waals surface area contributed by atoms with E-state index in [4.69, 9.17) is 9.47 Å². The first-order valence-electron chi connectivity index (χ1n) is 10.3. The quantitative estimate of drug-likeness (QED) is 0.505. The number of benzene rings is 3. The predicted molar refractivity (Wildman–Crippen MR) is 120 cm³/mol. The van der Waals surface area contributed by atoms with Crippen molar-refractivity contribution in [3.8, 4) is 5.75 Å². The van der Waals surface area contributed by atoms with Gasteiger partial charge in [-0.3, -0.25) is 4.79 Å². The number of hydrogen-bond acceptors (Lipinski definition) is 4. The van der Waals surface area contributed by atoms with Crippen LogP contribution >= 0.6 is 0 Å². The standard InChI is InChI=1S/C26H27NO4/c1-30-26(29)24(27-25(28)16-15-20-9-4-2-5-10-20)18-22-13-8-14-23(17-22)31-19-21-11-6-3-7-12-21/h2-14,17,24H,15-16,18-19H2,1H3,(H,27,28)/t24-/m0/s1. The summed E-state index contributed by atoms with van der Waals surface area (Å²) in [6, 6.07) is 26.5. The molecule has 0 unspecified atom stereocenters. The molecular formula is C26H27NO4. The number of nitrogens with one attached hydrogen (secondary N) is 1. The van der Waals surface area contributed by atoms with Gasteiger partial charge in [0, 0.05) is 12.8 Å². The van der Waals surface area contributed by atoms with Crippen LogP contribution in [0.5, 0.6) is 5.75 Å². The maximum Gasteiger partial charge on any atom is 0.328 e. The van der Waals surface area contributed by atoms with Crippen LogP contribution in [0.1, 0.15) is 23.1 Å². The molecule has 1 amide bonds. The predicted octanol–water partition coefficient (Wildman–Crippen LogP) is 4.10. The summed E-state index contributed by atoms with van der Waals surface area (Å²) in [5, 5.41) is 2.81. The molecule has 0 aliphatic carbocycles. The summed E-state index contributed by atoms with van der Waals surface area (Å²) in [5.41, 5.74) is 3.03. The Kier molecular flexibility index (Phi) is 8.23. The van der Waals surface area contributed by atoms with Gasteiger partial charge in [-0.25, -0.2) is 4.79 Å². The van der Waals surface area contributed by atoms with Crippen LogP contribution < -0.4 is 10.1 Å². The van der Waals surface area contributed by atoms with Gasteiger partial charge >= 0.3 is 5.97 Å². The molecule has 31 heavy (non-hydrogen) atoms. The summed E-state index contributed by atoms with van der Waals surface area (Å²) >= 11 is 0. The highest BCUT2D eigenvalue weighted by Gasteiger charge is 2.22. The van der Waals surface area contributed by atoms with Gasteiger partial charge < -0.3 is 14.8 Å². The first-order valence-corrected chi connectivity index (χ1v) is 10.3. The fraction of sp³-hybridized carbons (Fsp3) is 0.231. The topological polar surface area (TPSA) is 64.6 Å². The van der Waals surface area contributed by atoms with Gasteiger partial charge in [0.1, 0.15) is 18.4 Å². The van der Waals surface area contributed by atoms with E-state index in [0.717, 1.165) is 16.7 Å². The fourth-order valence-electron chi connectivity index (χ4n) is 3.24. The normalized spacial score (nSPS) is 11.4. The number of aryl methyl sites for hydroxylation is 1. The highest BCUT2D eigenvalue weighted by atomic mass is 16.5. The van der Waals surface area contributed by atoms with E-state index in [2.05, 4.69) is 5.32 Å². The minimum Gasteiger partial charge on any atom is -0.489 e. The van der Waals surface area contributed by atoms with Crippen molar-refractivity contribution in [2.45, 2.75) is 31.9 Å². The lowest BCUT2D eigenvalue weighted by molar-refractivity contribution is -0.145. The lowest BCUT2D eigenvalue weighted by atomic mass is 10.0. The molecule has 1 N–H and O–H groups in total. The first kappa shape index (κ1) is 22.1. The summed E-state index contributed by atoms with van der Waals surface area (Å²) in [6.07, 6.45) is 1.24. The average molecular weight is 418 g/mol. The van der Waals surface area contributed by atoms with Gasteiger partial charge in [0.2, 0.25) is 5.91 Å². The van der Waals surface area contributed by atoms with Crippen LogP contribution in [-0.2, 0) is 33.8 Å². The third kappa shape index (κ3) is 7.30. The Bertz CT molecular complexity index is 973. The number of esters is 1. The van der Waals surface area contributed by atoms with Crippen molar-refractivity contribution in [2.75, 3.05) is 7.11 Å². The fourth-order valence-corrected chi connectivity index (χ4v) is 3.24. The van der Waals surface area contributed by atoms with E-state index in [1.54, 1.807) is 0 Å². The van der Waals surface area contributed by atoms with Gasteiger partial charge in [-0.05, 0) is 35.2 Å². The highest BCUT2D eigenvalue weighted by Crippen LogP contribution is 2.17. The average Bonchev–Trinajstić information content (AvgIpc) is 2.82. The van der Waals surface area contributed by atoms with Crippen molar-refractivity contribution in [2.24, 2.45) is 0 Å². The minimum absolute atomic E-state index is 0.185. The van der Waals surface area contributed by atoms with Crippen LogP contribution in [0.25, 0.3) is 0 Å². The Balaban J connectivity index is 1.58. The van der Waals surface area contributed by atoms with E-state index in [1.807, 2.05) is 84.9 Å². The summed E-state index contributed by atoms with van der Waals surface area (Å²) in [7, 11) is 1.32. The largest absolute Gasteiger partial charge is 0.489 e. The second kappa shape index (κ2) is 11.6. The van der Waals surface area contributed by atoms with Crippen molar-refractivity contribution in [1.29, 1.82) is 0 Å². The molecule has 0 saturated carbocycles. The Morgan fingerprint density at radius 2 is 1.48 bits per heavy atom. The Hall–Kier alpha value is -3.60. The summed E-state index contributed by atoms with van der Waals surface area (Å²) in [4.78, 5) is 24.7. The number of carbonyl (C=O) groups excluding carboxylic acids is 2. The second-order valence-corrected chi connectivity index (χ2v) is 7.25. The van der Waals surface area contributed by atoms with Gasteiger partial charge in [0.15, 0.2) is 0 Å². The van der Waals surface area contributed by atoms with Gasteiger partial charge in [0.05, 0.1) is 7.11 Å². The smallest absolute Gasteiger partial charge is 0.328 e. The monoisotopic (exact) mass is 417 g/mol. The molecular weight excluding hydrogens is 390 g/mol. The molecule has 0 aliphatic rings. The minimum atomic E-state index is -0.752. The summed E-state index contributed by atoms with van der Waals surface area (Å²) in [6.45, 7) is 0.459. The number of methoxy groups -OCH3 is 1. The molecule has 0 aromatic heterocycles. The molecule has 5 nitrogen and oxygen atoms in total. The first-order chi connectivity index (χ1) is 15.1. The number of carbonyl (C=O) groups is 2. The van der Waals surface area contributed by atoms with Crippen LogP contribution in [-0.4, -0.2) is 25.0 Å². The molecule has 5 heteroatoms. The van der Waals surface area contributed by atoms with Crippen LogP contribution in [0.3, 0.4) is 0 Å². The zero-order chi connectivity index (χ0) is 21.9. The third-order valence-electron chi connectivity index (χ3n) is 4.89. The van der Waals surface area contributed by atoms with E-state index in [-0.39, 0.29) is 5.91 Å². The molecule has 0 saturated heterocycles. The molecule has 0 aliphatic heterocycles. The van der Waals surface area contributed by atoms with Gasteiger partial charge in [0.25, 0.3) is 0 Å². The van der Waals surface area contributed by atoms with Crippen molar-refractivity contribution < 1.29 is 19.1 Å². The molecule has 160 valence electrons. The molecule has 0 bridgehead atoms. The molecule has 1 atom stereocenters. The molecule has 0 heterocycles. The number of hydrogen-bond donors (Lipinski definition) is 1. The number of amides is 1. The zero-order valence-electron chi connectivity index (χ0n) is 17.6. The Labute approximate surface area is 183 Å². The van der Waals surface area contributed by atoms with Crippen molar-refractivity contribution in [1.82, 2.24) is 5.32 Å². The van der Waals surface area contributed by atoms with Gasteiger partial charge in [-0.2, -0.15) is 0 Å². The number of ether oxygens (including phenoxy) is 2. The van der Waals surface area contributed by atoms with E-state index in [9.17, 15) is 9.59 Å². The van der Waals surface area contributed by atoms with Crippen molar-refractivity contribution in [3.05, 3.63) is 102 Å². The van der Waals surface area contributed by atoms with E-state index in [1.165, 1.54) is 7.11 Å². The molecule has 0 spiro atoms. The maximum absolute atomic E-state index is 12.4. The molecule has 3 rings (SSSR count). The molecule has 0 radical (unpaired) electrons. The van der Waals surface area contributed by atoms with Gasteiger partial charge in [-0.15, -0.1) is 0 Å². The van der Waals surface area contributed by atoms with Crippen molar-refractivity contribution >= 4 is 11.9 Å². The Morgan fingerprint density at radius 3 is 2.16 bits per heavy atom. The van der Waals surface area contributed by atoms with Crippen LogP contribution in [0.4, 0.5) is 0 Å².